The number of hydrogen-bond donors (Lipinski definition) is 0. The van der Waals surface area contributed by atoms with Gasteiger partial charge < -0.3 is 4.42 Å². The van der Waals surface area contributed by atoms with Gasteiger partial charge in [0.25, 0.3) is 0 Å². The fourth-order valence-electron chi connectivity index (χ4n) is 1.34. The van der Waals surface area contributed by atoms with E-state index in [1.54, 1.807) is 6.92 Å². The van der Waals surface area contributed by atoms with Crippen LogP contribution in [0.15, 0.2) is 40.8 Å². The van der Waals surface area contributed by atoms with Crippen LogP contribution in [0.4, 0.5) is 4.39 Å². The van der Waals surface area contributed by atoms with Gasteiger partial charge in [-0.05, 0) is 36.8 Å². The van der Waals surface area contributed by atoms with Crippen molar-refractivity contribution >= 4 is 16.8 Å². The van der Waals surface area contributed by atoms with Crippen LogP contribution < -0.4 is 0 Å². The molecule has 0 N–H and O–H groups in total. The third kappa shape index (κ3) is 1.68. The largest absolute Gasteiger partial charge is 0.453 e. The Balaban J connectivity index is 2.56. The van der Waals surface area contributed by atoms with Gasteiger partial charge >= 0.3 is 0 Å². The molecule has 1 aromatic carbocycles. The van der Waals surface area contributed by atoms with Crippen molar-refractivity contribution in [2.45, 2.75) is 6.92 Å². The molecule has 0 bridgehead atoms. The zero-order valence-corrected chi connectivity index (χ0v) is 8.21. The van der Waals surface area contributed by atoms with E-state index >= 15 is 0 Å². The molecule has 0 unspecified atom stereocenters. The van der Waals surface area contributed by atoms with Gasteiger partial charge in [0.15, 0.2) is 5.76 Å². The fourth-order valence-corrected chi connectivity index (χ4v) is 1.34. The summed E-state index contributed by atoms with van der Waals surface area (Å²) in [6.07, 6.45) is 0. The van der Waals surface area contributed by atoms with Crippen molar-refractivity contribution in [3.63, 3.8) is 0 Å². The molecular weight excluding hydrogens is 195 g/mol. The van der Waals surface area contributed by atoms with Crippen molar-refractivity contribution in [3.8, 4) is 0 Å². The van der Waals surface area contributed by atoms with E-state index in [2.05, 4.69) is 6.58 Å². The smallest absolute Gasteiger partial charge is 0.223 e. The van der Waals surface area contributed by atoms with Crippen LogP contribution in [0.1, 0.15) is 17.5 Å². The number of hydrogen-bond acceptors (Lipinski definition) is 2. The first-order valence-electron chi connectivity index (χ1n) is 4.47. The minimum absolute atomic E-state index is 0.197. The summed E-state index contributed by atoms with van der Waals surface area (Å²) in [5.41, 5.74) is 0.899. The van der Waals surface area contributed by atoms with Crippen LogP contribution in [-0.2, 0) is 0 Å². The van der Waals surface area contributed by atoms with Crippen LogP contribution >= 0.6 is 0 Å². The lowest BCUT2D eigenvalue weighted by atomic mass is 10.1. The molecule has 2 rings (SSSR count). The molecular formula is C12H9FO2. The zero-order chi connectivity index (χ0) is 11.0. The van der Waals surface area contributed by atoms with Gasteiger partial charge in [0, 0.05) is 5.39 Å². The van der Waals surface area contributed by atoms with Crippen LogP contribution in [0.25, 0.3) is 11.0 Å². The number of carbonyl (C=O) groups excluding carboxylic acids is 1. The average Bonchev–Trinajstić information content (AvgIpc) is 2.58. The van der Waals surface area contributed by atoms with Gasteiger partial charge in [-0.3, -0.25) is 4.79 Å². The number of allylic oxidation sites excluding steroid dienone is 1. The highest BCUT2D eigenvalue weighted by Gasteiger charge is 2.12. The van der Waals surface area contributed by atoms with E-state index in [1.165, 1.54) is 24.3 Å². The molecule has 0 saturated heterocycles. The average molecular weight is 204 g/mol. The summed E-state index contributed by atoms with van der Waals surface area (Å²) in [5, 5.41) is 0.583. The Morgan fingerprint density at radius 2 is 2.13 bits per heavy atom. The Bertz CT molecular complexity index is 552. The number of furan rings is 1. The van der Waals surface area contributed by atoms with Gasteiger partial charge in [-0.25, -0.2) is 4.39 Å². The van der Waals surface area contributed by atoms with Crippen LogP contribution in [0, 0.1) is 5.82 Å². The number of rotatable bonds is 2. The molecule has 0 saturated carbocycles. The second-order valence-electron chi connectivity index (χ2n) is 3.40. The molecule has 0 fully saturated rings. The highest BCUT2D eigenvalue weighted by molar-refractivity contribution is 6.07. The number of benzene rings is 1. The third-order valence-corrected chi connectivity index (χ3v) is 2.09. The predicted molar refractivity (Wildman–Crippen MR) is 55.3 cm³/mol. The molecule has 0 radical (unpaired) electrons. The highest BCUT2D eigenvalue weighted by Crippen LogP contribution is 2.21. The lowest BCUT2D eigenvalue weighted by molar-refractivity contribution is 0.101. The Morgan fingerprint density at radius 3 is 2.80 bits per heavy atom. The molecule has 15 heavy (non-hydrogen) atoms. The quantitative estimate of drug-likeness (QED) is 0.554. The van der Waals surface area contributed by atoms with E-state index in [4.69, 9.17) is 4.42 Å². The Morgan fingerprint density at radius 1 is 1.40 bits per heavy atom. The van der Waals surface area contributed by atoms with Crippen molar-refractivity contribution in [2.75, 3.05) is 0 Å². The number of ketones is 1. The molecule has 2 nitrogen and oxygen atoms in total. The van der Waals surface area contributed by atoms with Gasteiger partial charge in [-0.2, -0.15) is 0 Å². The molecule has 0 spiro atoms. The Kier molecular flexibility index (Phi) is 2.15. The maximum absolute atomic E-state index is 12.9. The highest BCUT2D eigenvalue weighted by atomic mass is 19.1. The second-order valence-corrected chi connectivity index (χ2v) is 3.40. The van der Waals surface area contributed by atoms with Crippen LogP contribution in [0.3, 0.4) is 0 Å². The maximum Gasteiger partial charge on any atom is 0.223 e. The Labute approximate surface area is 86.0 Å². The normalized spacial score (nSPS) is 10.5. The van der Waals surface area contributed by atoms with Crippen molar-refractivity contribution in [2.24, 2.45) is 0 Å². The summed E-state index contributed by atoms with van der Waals surface area (Å²) >= 11 is 0. The topological polar surface area (TPSA) is 30.2 Å². The summed E-state index contributed by atoms with van der Waals surface area (Å²) in [4.78, 5) is 11.5. The molecule has 0 aliphatic carbocycles. The number of fused-ring (bicyclic) bond motifs is 1. The van der Waals surface area contributed by atoms with Gasteiger partial charge in [0.1, 0.15) is 11.4 Å². The van der Waals surface area contributed by atoms with E-state index in [1.807, 2.05) is 0 Å². The van der Waals surface area contributed by atoms with E-state index in [9.17, 15) is 9.18 Å². The SMILES string of the molecule is C=C(C)C(=O)c1cc2cc(F)ccc2o1. The standard InChI is InChI=1S/C12H9FO2/c1-7(2)12(14)11-6-8-5-9(13)3-4-10(8)15-11/h3-6H,1H2,2H3. The van der Waals surface area contributed by atoms with Crippen molar-refractivity contribution in [1.29, 1.82) is 0 Å². The summed E-state index contributed by atoms with van der Waals surface area (Å²) in [6, 6.07) is 5.64. The van der Waals surface area contributed by atoms with Crippen molar-refractivity contribution < 1.29 is 13.6 Å². The predicted octanol–water partition coefficient (Wildman–Crippen LogP) is 3.33. The molecule has 1 aromatic heterocycles. The number of Topliss-reactive ketones (excluding diaryl/α,β-unsaturated/α-hetero) is 1. The molecule has 0 aliphatic heterocycles. The molecule has 0 amide bonds. The molecule has 76 valence electrons. The van der Waals surface area contributed by atoms with Gasteiger partial charge in [0.2, 0.25) is 5.78 Å². The van der Waals surface area contributed by atoms with Gasteiger partial charge in [0.05, 0.1) is 0 Å². The summed E-state index contributed by atoms with van der Waals surface area (Å²) in [7, 11) is 0. The van der Waals surface area contributed by atoms with Crippen LogP contribution in [-0.4, -0.2) is 5.78 Å². The van der Waals surface area contributed by atoms with E-state index in [0.29, 0.717) is 16.5 Å². The fraction of sp³-hybridized carbons (Fsp3) is 0.0833. The van der Waals surface area contributed by atoms with Crippen molar-refractivity contribution in [1.82, 2.24) is 0 Å². The number of halogens is 1. The first kappa shape index (κ1) is 9.65. The zero-order valence-electron chi connectivity index (χ0n) is 8.21. The lowest BCUT2D eigenvalue weighted by Gasteiger charge is -1.91. The number of carbonyl (C=O) groups is 1. The van der Waals surface area contributed by atoms with E-state index in [0.717, 1.165) is 0 Å². The Hall–Kier alpha value is -1.90. The van der Waals surface area contributed by atoms with E-state index in [-0.39, 0.29) is 17.4 Å². The lowest BCUT2D eigenvalue weighted by Crippen LogP contribution is -1.96. The molecule has 0 atom stereocenters. The van der Waals surface area contributed by atoms with Crippen LogP contribution in [0.2, 0.25) is 0 Å². The second kappa shape index (κ2) is 3.35. The molecule has 1 heterocycles. The molecule has 0 aliphatic rings. The van der Waals surface area contributed by atoms with E-state index < -0.39 is 0 Å². The summed E-state index contributed by atoms with van der Waals surface area (Å²) in [5.74, 6) is -0.410. The van der Waals surface area contributed by atoms with Gasteiger partial charge in [-0.15, -0.1) is 0 Å². The monoisotopic (exact) mass is 204 g/mol. The molecule has 3 heteroatoms. The molecule has 2 aromatic rings. The summed E-state index contributed by atoms with van der Waals surface area (Å²) < 4.78 is 18.1. The van der Waals surface area contributed by atoms with Crippen molar-refractivity contribution in [3.05, 3.63) is 48.0 Å². The summed E-state index contributed by atoms with van der Waals surface area (Å²) in [6.45, 7) is 5.14. The first-order valence-corrected chi connectivity index (χ1v) is 4.47. The van der Waals surface area contributed by atoms with Gasteiger partial charge in [-0.1, -0.05) is 6.58 Å². The van der Waals surface area contributed by atoms with Crippen LogP contribution in [0.5, 0.6) is 0 Å². The third-order valence-electron chi connectivity index (χ3n) is 2.09. The maximum atomic E-state index is 12.9. The minimum atomic E-state index is -0.349. The minimum Gasteiger partial charge on any atom is -0.453 e. The first-order chi connectivity index (χ1) is 7.08.